The summed E-state index contributed by atoms with van der Waals surface area (Å²) in [5.74, 6) is -2.37. The van der Waals surface area contributed by atoms with E-state index in [0.717, 1.165) is 27.6 Å². The highest BCUT2D eigenvalue weighted by Gasteiger charge is 2.62. The van der Waals surface area contributed by atoms with Crippen molar-refractivity contribution in [3.63, 3.8) is 0 Å². The zero-order valence-electron chi connectivity index (χ0n) is 26.6. The molecule has 47 heavy (non-hydrogen) atoms. The number of alkyl carbamates (subject to hydrolysis) is 1. The van der Waals surface area contributed by atoms with E-state index < -0.39 is 68.7 Å². The Hall–Kier alpha value is -3.23. The number of hydrogen-bond acceptors (Lipinski definition) is 8. The number of unbranched alkanes of at least 4 members (excludes halogenated alkanes) is 1. The van der Waals surface area contributed by atoms with E-state index >= 15 is 0 Å². The number of allylic oxidation sites excluding steroid dienone is 1. The lowest BCUT2D eigenvalue weighted by molar-refractivity contribution is -0.141. The molecule has 1 aromatic rings. The Morgan fingerprint density at radius 3 is 2.68 bits per heavy atom. The van der Waals surface area contributed by atoms with Crippen LogP contribution in [0.25, 0.3) is 5.57 Å². The van der Waals surface area contributed by atoms with Crippen LogP contribution in [0, 0.1) is 5.92 Å². The maximum absolute atomic E-state index is 14.1. The second-order valence-corrected chi connectivity index (χ2v) is 15.8. The quantitative estimate of drug-likeness (QED) is 0.324. The Morgan fingerprint density at radius 2 is 2.00 bits per heavy atom. The fourth-order valence-electron chi connectivity index (χ4n) is 6.23. The first-order valence-corrected chi connectivity index (χ1v) is 18.5. The van der Waals surface area contributed by atoms with Gasteiger partial charge in [-0.1, -0.05) is 48.4 Å². The van der Waals surface area contributed by atoms with E-state index in [4.69, 9.17) is 9.47 Å². The van der Waals surface area contributed by atoms with Gasteiger partial charge < -0.3 is 25.0 Å². The minimum absolute atomic E-state index is 0.0734. The third kappa shape index (κ3) is 8.26. The van der Waals surface area contributed by atoms with Crippen LogP contribution in [0.3, 0.4) is 0 Å². The molecule has 12 nitrogen and oxygen atoms in total. The molecule has 4 amide bonds. The monoisotopic (exact) mass is 734 g/mol. The van der Waals surface area contributed by atoms with E-state index in [2.05, 4.69) is 44.4 Å². The van der Waals surface area contributed by atoms with E-state index in [9.17, 15) is 27.6 Å². The molecule has 4 bridgehead atoms. The Kier molecular flexibility index (Phi) is 10.8. The van der Waals surface area contributed by atoms with Crippen LogP contribution in [0.15, 0.2) is 41.9 Å². The van der Waals surface area contributed by atoms with Crippen molar-refractivity contribution in [1.82, 2.24) is 20.3 Å². The second kappa shape index (κ2) is 14.5. The van der Waals surface area contributed by atoms with Gasteiger partial charge in [0.25, 0.3) is 5.91 Å². The Labute approximate surface area is 284 Å². The molecule has 0 spiro atoms. The van der Waals surface area contributed by atoms with Crippen LogP contribution in [0.4, 0.5) is 4.79 Å². The zero-order chi connectivity index (χ0) is 33.9. The minimum Gasteiger partial charge on any atom is -0.450 e. The van der Waals surface area contributed by atoms with Gasteiger partial charge in [0.1, 0.15) is 17.6 Å². The number of carbonyl (C=O) groups is 4. The lowest BCUT2D eigenvalue weighted by Gasteiger charge is -2.29. The molecule has 0 radical (unpaired) electrons. The van der Waals surface area contributed by atoms with Gasteiger partial charge in [0.15, 0.2) is 0 Å². The molecule has 1 aromatic carbocycles. The number of rotatable bonds is 9. The topological polar surface area (TPSA) is 160 Å². The summed E-state index contributed by atoms with van der Waals surface area (Å²) in [5, 5.41) is 4.87. The molecule has 14 heteroatoms. The molecule has 5 rings (SSSR count). The summed E-state index contributed by atoms with van der Waals surface area (Å²) in [6, 6.07) is 3.87. The van der Waals surface area contributed by atoms with Gasteiger partial charge in [-0.25, -0.2) is 13.2 Å². The highest BCUT2D eigenvalue weighted by molar-refractivity contribution is 9.10. The van der Waals surface area contributed by atoms with E-state index in [-0.39, 0.29) is 32.6 Å². The van der Waals surface area contributed by atoms with Gasteiger partial charge in [-0.05, 0) is 73.4 Å². The predicted octanol–water partition coefficient (Wildman–Crippen LogP) is 3.70. The number of ether oxygens (including phenoxy) is 2. The minimum atomic E-state index is -3.86. The van der Waals surface area contributed by atoms with E-state index in [1.54, 1.807) is 0 Å². The molecule has 2 aliphatic heterocycles. The molecule has 4 aliphatic rings. The highest BCUT2D eigenvalue weighted by Crippen LogP contribution is 2.45. The number of halogens is 1. The third-order valence-electron chi connectivity index (χ3n) is 9.24. The van der Waals surface area contributed by atoms with Crippen molar-refractivity contribution in [2.24, 2.45) is 5.92 Å². The Bertz CT molecular complexity index is 1550. The van der Waals surface area contributed by atoms with Crippen LogP contribution in [0.2, 0.25) is 0 Å². The van der Waals surface area contributed by atoms with E-state index in [0.29, 0.717) is 38.5 Å². The van der Waals surface area contributed by atoms with Gasteiger partial charge >= 0.3 is 6.09 Å². The fraction of sp³-hybridized carbons (Fsp3) is 0.576. The Balaban J connectivity index is 1.41. The molecule has 256 valence electrons. The molecular weight excluding hydrogens is 692 g/mol. The average molecular weight is 736 g/mol. The second-order valence-electron chi connectivity index (χ2n) is 12.9. The lowest BCUT2D eigenvalue weighted by Crippen LogP contribution is -2.58. The van der Waals surface area contributed by atoms with E-state index in [1.165, 1.54) is 11.0 Å². The van der Waals surface area contributed by atoms with Gasteiger partial charge in [0.05, 0.1) is 24.6 Å². The first-order chi connectivity index (χ1) is 22.4. The number of fused-ring (bicyclic) bond motifs is 4. The van der Waals surface area contributed by atoms with Crippen LogP contribution in [0.5, 0.6) is 0 Å². The smallest absolute Gasteiger partial charge is 0.407 e. The molecular formula is C33H43BrN4O8S. The summed E-state index contributed by atoms with van der Waals surface area (Å²) in [6.45, 7) is 10.3. The van der Waals surface area contributed by atoms with Gasteiger partial charge in [-0.2, -0.15) is 0 Å². The number of hydrogen-bond donors (Lipinski definition) is 3. The molecule has 5 atom stereocenters. The summed E-state index contributed by atoms with van der Waals surface area (Å²) in [6.07, 6.45) is 4.41. The molecule has 3 N–H and O–H groups in total. The molecule has 3 fully saturated rings. The van der Waals surface area contributed by atoms with Crippen molar-refractivity contribution in [3.8, 4) is 0 Å². The zero-order valence-corrected chi connectivity index (χ0v) is 29.0. The number of nitrogens with zero attached hydrogens (tertiary/aromatic N) is 1. The standard InChI is InChI=1S/C33H43BrN4O8S/c1-4-6-9-27-30(40)38-18-25(46-19-21-13-22(15-24(34)14-21)20(3)8-7-12-45-32(42)35-27)16-28(38)29(39)36-33(17-23(33)5-2)31(41)37-47(43,44)26-10-11-26/h5,13-15,23,25-28H,2-4,6-12,16-19H2,1H3,(H,35,42)(H,36,39)(H,37,41)/t23-,25-,27+,28+,33-/m1/s1. The Morgan fingerprint density at radius 1 is 1.23 bits per heavy atom. The van der Waals surface area contributed by atoms with Gasteiger partial charge in [-0.15, -0.1) is 6.58 Å². The summed E-state index contributed by atoms with van der Waals surface area (Å²) >= 11 is 3.56. The van der Waals surface area contributed by atoms with Crippen molar-refractivity contribution >= 4 is 55.3 Å². The maximum atomic E-state index is 14.1. The van der Waals surface area contributed by atoms with Crippen LogP contribution >= 0.6 is 15.9 Å². The first kappa shape index (κ1) is 35.1. The van der Waals surface area contributed by atoms with Crippen molar-refractivity contribution in [2.75, 3.05) is 13.2 Å². The number of benzene rings is 1. The van der Waals surface area contributed by atoms with Gasteiger partial charge in [0, 0.05) is 23.4 Å². The molecule has 1 saturated heterocycles. The number of carbonyl (C=O) groups excluding carboxylic acids is 4. The third-order valence-corrected chi connectivity index (χ3v) is 11.5. The van der Waals surface area contributed by atoms with Crippen molar-refractivity contribution < 1.29 is 37.1 Å². The van der Waals surface area contributed by atoms with E-state index in [1.807, 2.05) is 25.1 Å². The van der Waals surface area contributed by atoms with Crippen molar-refractivity contribution in [2.45, 2.75) is 100 Å². The molecule has 0 aromatic heterocycles. The molecule has 2 saturated carbocycles. The molecule has 2 aliphatic carbocycles. The maximum Gasteiger partial charge on any atom is 0.407 e. The fourth-order valence-corrected chi connectivity index (χ4v) is 8.13. The molecule has 2 heterocycles. The van der Waals surface area contributed by atoms with Crippen LogP contribution < -0.4 is 15.4 Å². The first-order valence-electron chi connectivity index (χ1n) is 16.2. The summed E-state index contributed by atoms with van der Waals surface area (Å²) < 4.78 is 39.8. The van der Waals surface area contributed by atoms with Gasteiger partial charge in [0.2, 0.25) is 21.8 Å². The number of sulfonamides is 1. The van der Waals surface area contributed by atoms with Crippen LogP contribution in [-0.4, -0.2) is 79.3 Å². The summed E-state index contributed by atoms with van der Waals surface area (Å²) in [4.78, 5) is 55.6. The summed E-state index contributed by atoms with van der Waals surface area (Å²) in [7, 11) is -3.86. The van der Waals surface area contributed by atoms with Crippen molar-refractivity contribution in [3.05, 3.63) is 53.0 Å². The van der Waals surface area contributed by atoms with Crippen molar-refractivity contribution in [1.29, 1.82) is 0 Å². The van der Waals surface area contributed by atoms with Gasteiger partial charge in [-0.3, -0.25) is 19.1 Å². The molecule has 0 unspecified atom stereocenters. The number of cyclic esters (lactones) is 1. The largest absolute Gasteiger partial charge is 0.450 e. The lowest BCUT2D eigenvalue weighted by atomic mass is 10.0. The normalized spacial score (nSPS) is 28.5. The number of nitrogens with one attached hydrogen (secondary N) is 3. The highest BCUT2D eigenvalue weighted by atomic mass is 79.9. The predicted molar refractivity (Wildman–Crippen MR) is 178 cm³/mol. The van der Waals surface area contributed by atoms with Crippen LogP contribution in [-0.2, 0) is 40.5 Å². The average Bonchev–Trinajstić information content (AvgIpc) is 3.95. The van der Waals surface area contributed by atoms with Crippen LogP contribution in [0.1, 0.15) is 75.8 Å². The summed E-state index contributed by atoms with van der Waals surface area (Å²) in [5.41, 5.74) is 1.17. The number of amides is 4. The SMILES string of the molecule is C=C[C@@H]1C[C@]1(NC(=O)[C@@H]1C[C@@H]2CN1C(=O)[C@H](CCCC)NC(=O)OCCCC(=C)c1cc(Br)cc(c1)CO2)C(=O)NS(=O)(=O)C1CC1.